The van der Waals surface area contributed by atoms with Crippen molar-refractivity contribution in [3.05, 3.63) is 90.6 Å². The van der Waals surface area contributed by atoms with E-state index < -0.39 is 0 Å². The third-order valence-corrected chi connectivity index (χ3v) is 6.52. The van der Waals surface area contributed by atoms with Crippen LogP contribution in [0.15, 0.2) is 83.8 Å². The first-order valence-corrected chi connectivity index (χ1v) is 11.9. The van der Waals surface area contributed by atoms with Crippen molar-refractivity contribution < 1.29 is 4.52 Å². The first-order valence-electron chi connectivity index (χ1n) is 11.9. The second-order valence-corrected chi connectivity index (χ2v) is 8.77. The van der Waals surface area contributed by atoms with Gasteiger partial charge in [0.05, 0.1) is 23.7 Å². The Morgan fingerprint density at radius 3 is 2.56 bits per heavy atom. The summed E-state index contributed by atoms with van der Waals surface area (Å²) in [7, 11) is 0. The number of benzene rings is 2. The van der Waals surface area contributed by atoms with E-state index in [4.69, 9.17) is 9.78 Å². The number of nitrogens with zero attached hydrogens (tertiary/aromatic N) is 7. The van der Waals surface area contributed by atoms with Gasteiger partial charge in [0, 0.05) is 61.4 Å². The first-order chi connectivity index (χ1) is 17.8. The maximum absolute atomic E-state index is 9.12. The number of aromatic nitrogens is 4. The number of anilines is 1. The second-order valence-electron chi connectivity index (χ2n) is 8.77. The summed E-state index contributed by atoms with van der Waals surface area (Å²) in [4.78, 5) is 18.0. The van der Waals surface area contributed by atoms with Crippen molar-refractivity contribution in [3.8, 4) is 28.7 Å². The molecule has 36 heavy (non-hydrogen) atoms. The molecule has 5 aromatic rings. The van der Waals surface area contributed by atoms with E-state index in [1.165, 1.54) is 5.69 Å². The summed E-state index contributed by atoms with van der Waals surface area (Å²) in [5.74, 6) is 1.09. The zero-order valence-electron chi connectivity index (χ0n) is 19.6. The van der Waals surface area contributed by atoms with Gasteiger partial charge in [-0.3, -0.25) is 14.9 Å². The van der Waals surface area contributed by atoms with Crippen LogP contribution in [-0.2, 0) is 6.54 Å². The highest BCUT2D eigenvalue weighted by Crippen LogP contribution is 2.30. The molecule has 0 bridgehead atoms. The molecular weight excluding hydrogens is 450 g/mol. The Morgan fingerprint density at radius 1 is 0.861 bits per heavy atom. The summed E-state index contributed by atoms with van der Waals surface area (Å²) in [5, 5.41) is 14.4. The molecule has 8 heteroatoms. The minimum atomic E-state index is 0.440. The summed E-state index contributed by atoms with van der Waals surface area (Å²) < 4.78 is 5.45. The fraction of sp³-hybridized carbons (Fsp3) is 0.179. The lowest BCUT2D eigenvalue weighted by atomic mass is 10.0. The Morgan fingerprint density at radius 2 is 1.72 bits per heavy atom. The molecule has 0 spiro atoms. The van der Waals surface area contributed by atoms with Crippen LogP contribution in [0.25, 0.3) is 33.5 Å². The van der Waals surface area contributed by atoms with Crippen molar-refractivity contribution in [1.82, 2.24) is 25.0 Å². The van der Waals surface area contributed by atoms with E-state index in [2.05, 4.69) is 60.2 Å². The van der Waals surface area contributed by atoms with Gasteiger partial charge in [0.25, 0.3) is 5.89 Å². The summed E-state index contributed by atoms with van der Waals surface area (Å²) in [5.41, 5.74) is 5.80. The minimum absolute atomic E-state index is 0.440. The molecule has 1 aliphatic rings. The van der Waals surface area contributed by atoms with Crippen LogP contribution in [0.5, 0.6) is 0 Å². The Labute approximate surface area is 208 Å². The summed E-state index contributed by atoms with van der Waals surface area (Å²) in [6, 6.07) is 21.9. The van der Waals surface area contributed by atoms with Crippen molar-refractivity contribution >= 4 is 16.6 Å². The number of fused-ring (bicyclic) bond motifs is 1. The molecular formula is C28H23N7O. The van der Waals surface area contributed by atoms with Crippen molar-refractivity contribution in [2.24, 2.45) is 0 Å². The number of piperazine rings is 1. The Kier molecular flexibility index (Phi) is 5.82. The molecule has 1 aliphatic heterocycles. The average Bonchev–Trinajstić information content (AvgIpc) is 3.42. The number of pyridine rings is 2. The van der Waals surface area contributed by atoms with Gasteiger partial charge in [0.2, 0.25) is 0 Å². The molecule has 1 fully saturated rings. The van der Waals surface area contributed by atoms with E-state index in [0.717, 1.165) is 53.8 Å². The monoisotopic (exact) mass is 473 g/mol. The SMILES string of the molecule is N#Cc1cccc(-c2nc(CN3CCN(c4ccnc5cc(-c6ccncc6)ccc45)CC3)no2)c1. The molecule has 176 valence electrons. The standard InChI is InChI=1S/C28H23N7O/c29-18-20-2-1-3-23(16-20)28-32-27(33-36-28)19-34-12-14-35(15-13-34)26-8-11-31-25-17-22(4-5-24(25)26)21-6-9-30-10-7-21/h1-11,16-17H,12-15,19H2. The van der Waals surface area contributed by atoms with Gasteiger partial charge in [-0.1, -0.05) is 23.4 Å². The van der Waals surface area contributed by atoms with E-state index in [1.54, 1.807) is 12.1 Å². The van der Waals surface area contributed by atoms with Gasteiger partial charge < -0.3 is 9.42 Å². The Bertz CT molecular complexity index is 1550. The first kappa shape index (κ1) is 21.9. The molecule has 0 unspecified atom stereocenters. The molecule has 0 N–H and O–H groups in total. The normalized spacial score (nSPS) is 14.1. The van der Waals surface area contributed by atoms with E-state index in [9.17, 15) is 0 Å². The van der Waals surface area contributed by atoms with Crippen LogP contribution in [0.1, 0.15) is 11.4 Å². The zero-order chi connectivity index (χ0) is 24.3. The number of hydrogen-bond acceptors (Lipinski definition) is 8. The van der Waals surface area contributed by atoms with Crippen LogP contribution >= 0.6 is 0 Å². The van der Waals surface area contributed by atoms with Gasteiger partial charge in [-0.15, -0.1) is 0 Å². The molecule has 4 heterocycles. The summed E-state index contributed by atoms with van der Waals surface area (Å²) in [6.07, 6.45) is 5.51. The van der Waals surface area contributed by atoms with Gasteiger partial charge in [0.15, 0.2) is 5.82 Å². The molecule has 3 aromatic heterocycles. The minimum Gasteiger partial charge on any atom is -0.368 e. The highest BCUT2D eigenvalue weighted by molar-refractivity contribution is 5.94. The summed E-state index contributed by atoms with van der Waals surface area (Å²) in [6.45, 7) is 4.22. The molecule has 0 aliphatic carbocycles. The highest BCUT2D eigenvalue weighted by Gasteiger charge is 2.21. The molecule has 0 saturated carbocycles. The van der Waals surface area contributed by atoms with E-state index in [0.29, 0.717) is 23.8 Å². The van der Waals surface area contributed by atoms with Crippen molar-refractivity contribution in [2.75, 3.05) is 31.1 Å². The molecule has 0 radical (unpaired) electrons. The topological polar surface area (TPSA) is 95.0 Å². The fourth-order valence-electron chi connectivity index (χ4n) is 4.64. The lowest BCUT2D eigenvalue weighted by Crippen LogP contribution is -2.46. The number of nitriles is 1. The lowest BCUT2D eigenvalue weighted by molar-refractivity contribution is 0.240. The molecule has 0 atom stereocenters. The van der Waals surface area contributed by atoms with Crippen LogP contribution in [0, 0.1) is 11.3 Å². The maximum atomic E-state index is 9.12. The predicted octanol–water partition coefficient (Wildman–Crippen LogP) is 4.54. The smallest absolute Gasteiger partial charge is 0.258 e. The molecule has 1 saturated heterocycles. The van der Waals surface area contributed by atoms with Crippen LogP contribution < -0.4 is 4.90 Å². The number of hydrogen-bond donors (Lipinski definition) is 0. The average molecular weight is 474 g/mol. The Balaban J connectivity index is 1.13. The van der Waals surface area contributed by atoms with Gasteiger partial charge in [0.1, 0.15) is 0 Å². The quantitative estimate of drug-likeness (QED) is 0.367. The zero-order valence-corrected chi connectivity index (χ0v) is 19.6. The van der Waals surface area contributed by atoms with Crippen molar-refractivity contribution in [2.45, 2.75) is 6.54 Å². The van der Waals surface area contributed by atoms with Gasteiger partial charge in [-0.2, -0.15) is 10.2 Å². The molecule has 8 nitrogen and oxygen atoms in total. The predicted molar refractivity (Wildman–Crippen MR) is 137 cm³/mol. The van der Waals surface area contributed by atoms with Crippen LogP contribution in [0.4, 0.5) is 5.69 Å². The van der Waals surface area contributed by atoms with Crippen LogP contribution in [0.2, 0.25) is 0 Å². The lowest BCUT2D eigenvalue weighted by Gasteiger charge is -2.36. The van der Waals surface area contributed by atoms with Crippen LogP contribution in [-0.4, -0.2) is 51.2 Å². The largest absolute Gasteiger partial charge is 0.368 e. The fourth-order valence-corrected chi connectivity index (χ4v) is 4.64. The summed E-state index contributed by atoms with van der Waals surface area (Å²) >= 11 is 0. The third-order valence-electron chi connectivity index (χ3n) is 6.52. The van der Waals surface area contributed by atoms with E-state index >= 15 is 0 Å². The maximum Gasteiger partial charge on any atom is 0.258 e. The van der Waals surface area contributed by atoms with Gasteiger partial charge >= 0.3 is 0 Å². The Hall–Kier alpha value is -4.61. The van der Waals surface area contributed by atoms with E-state index in [-0.39, 0.29) is 0 Å². The molecule has 2 aromatic carbocycles. The van der Waals surface area contributed by atoms with Gasteiger partial charge in [-0.25, -0.2) is 0 Å². The number of rotatable bonds is 5. The highest BCUT2D eigenvalue weighted by atomic mass is 16.5. The second kappa shape index (κ2) is 9.56. The third kappa shape index (κ3) is 4.40. The van der Waals surface area contributed by atoms with Crippen molar-refractivity contribution in [1.29, 1.82) is 5.26 Å². The molecule has 0 amide bonds. The van der Waals surface area contributed by atoms with Gasteiger partial charge in [-0.05, 0) is 53.6 Å². The van der Waals surface area contributed by atoms with Crippen molar-refractivity contribution in [3.63, 3.8) is 0 Å². The van der Waals surface area contributed by atoms with Crippen LogP contribution in [0.3, 0.4) is 0 Å². The van der Waals surface area contributed by atoms with E-state index in [1.807, 2.05) is 42.9 Å². The molecule has 6 rings (SSSR count).